The number of fused-ring (bicyclic) bond motifs is 1. The van der Waals surface area contributed by atoms with Gasteiger partial charge < -0.3 is 9.47 Å². The van der Waals surface area contributed by atoms with E-state index in [1.807, 2.05) is 55.5 Å². The lowest BCUT2D eigenvalue weighted by molar-refractivity contribution is 0.101. The first kappa shape index (κ1) is 17.6. The van der Waals surface area contributed by atoms with Gasteiger partial charge in [0.1, 0.15) is 17.6 Å². The van der Waals surface area contributed by atoms with E-state index in [1.54, 1.807) is 18.2 Å². The summed E-state index contributed by atoms with van der Waals surface area (Å²) in [6.07, 6.45) is 1.74. The fourth-order valence-corrected chi connectivity index (χ4v) is 3.23. The molecule has 3 aromatic carbocycles. The van der Waals surface area contributed by atoms with E-state index in [-0.39, 0.29) is 18.1 Å². The summed E-state index contributed by atoms with van der Waals surface area (Å²) in [6.45, 7) is 1.78. The number of nitrogens with zero attached hydrogens (tertiary/aromatic N) is 1. The maximum absolute atomic E-state index is 12.7. The van der Waals surface area contributed by atoms with Crippen molar-refractivity contribution in [2.45, 2.75) is 6.92 Å². The van der Waals surface area contributed by atoms with Gasteiger partial charge >= 0.3 is 0 Å². The summed E-state index contributed by atoms with van der Waals surface area (Å²) in [5.74, 6) is 1.11. The lowest BCUT2D eigenvalue weighted by Crippen LogP contribution is -2.00. The monoisotopic (exact) mass is 367 g/mol. The molecule has 136 valence electrons. The molecule has 0 unspecified atom stereocenters. The third-order valence-electron chi connectivity index (χ3n) is 4.56. The molecule has 0 atom stereocenters. The molecular weight excluding hydrogens is 350 g/mol. The number of aryl methyl sites for hydroxylation is 1. The molecule has 0 bridgehead atoms. The molecule has 4 rings (SSSR count). The summed E-state index contributed by atoms with van der Waals surface area (Å²) in [6, 6.07) is 23.4. The standard InChI is InChI=1S/C24H17NO3/c1-16-13-20(27-12-11-25)15-21-23(16)24(26)22(28-21)14-17-7-9-19(10-8-17)18-5-3-2-4-6-18/h2-10,13-15H,12H2,1H3/b22-14-. The molecule has 4 nitrogen and oxygen atoms in total. The molecule has 28 heavy (non-hydrogen) atoms. The largest absolute Gasteiger partial charge is 0.479 e. The summed E-state index contributed by atoms with van der Waals surface area (Å²) >= 11 is 0. The van der Waals surface area contributed by atoms with Crippen molar-refractivity contribution in [3.63, 3.8) is 0 Å². The summed E-state index contributed by atoms with van der Waals surface area (Å²) < 4.78 is 11.1. The first-order chi connectivity index (χ1) is 13.7. The van der Waals surface area contributed by atoms with E-state index in [0.717, 1.165) is 22.3 Å². The van der Waals surface area contributed by atoms with Gasteiger partial charge in [-0.05, 0) is 41.3 Å². The summed E-state index contributed by atoms with van der Waals surface area (Å²) in [7, 11) is 0. The van der Waals surface area contributed by atoms with Crippen molar-refractivity contribution < 1.29 is 14.3 Å². The summed E-state index contributed by atoms with van der Waals surface area (Å²) in [4.78, 5) is 12.7. The van der Waals surface area contributed by atoms with Crippen LogP contribution in [0.25, 0.3) is 17.2 Å². The van der Waals surface area contributed by atoms with E-state index in [9.17, 15) is 4.79 Å². The van der Waals surface area contributed by atoms with Gasteiger partial charge in [0.05, 0.1) is 5.56 Å². The molecule has 0 radical (unpaired) electrons. The van der Waals surface area contributed by atoms with E-state index >= 15 is 0 Å². The molecule has 1 aliphatic heterocycles. The van der Waals surface area contributed by atoms with Crippen LogP contribution in [0, 0.1) is 18.3 Å². The van der Waals surface area contributed by atoms with E-state index in [1.165, 1.54) is 0 Å². The maximum Gasteiger partial charge on any atom is 0.232 e. The van der Waals surface area contributed by atoms with Gasteiger partial charge in [-0.15, -0.1) is 0 Å². The Kier molecular flexibility index (Phi) is 4.65. The topological polar surface area (TPSA) is 59.3 Å². The van der Waals surface area contributed by atoms with Crippen LogP contribution in [0.2, 0.25) is 0 Å². The van der Waals surface area contributed by atoms with Gasteiger partial charge in [0, 0.05) is 6.07 Å². The number of ether oxygens (including phenoxy) is 2. The molecular formula is C24H17NO3. The SMILES string of the molecule is Cc1cc(OCC#N)cc2c1C(=O)/C(=C/c1ccc(-c3ccccc3)cc1)O2. The van der Waals surface area contributed by atoms with Gasteiger partial charge in [0.2, 0.25) is 5.78 Å². The molecule has 3 aromatic rings. The van der Waals surface area contributed by atoms with E-state index < -0.39 is 0 Å². The number of rotatable bonds is 4. The Morgan fingerprint density at radius 2 is 1.75 bits per heavy atom. The highest BCUT2D eigenvalue weighted by Gasteiger charge is 2.30. The number of allylic oxidation sites excluding steroid dienone is 1. The second-order valence-corrected chi connectivity index (χ2v) is 6.49. The highest BCUT2D eigenvalue weighted by Crippen LogP contribution is 2.37. The zero-order valence-electron chi connectivity index (χ0n) is 15.3. The zero-order chi connectivity index (χ0) is 19.5. The van der Waals surface area contributed by atoms with Crippen molar-refractivity contribution in [2.75, 3.05) is 6.61 Å². The van der Waals surface area contributed by atoms with Crippen molar-refractivity contribution in [3.05, 3.63) is 89.2 Å². The van der Waals surface area contributed by atoms with Crippen LogP contribution in [-0.4, -0.2) is 12.4 Å². The minimum absolute atomic E-state index is 0.0529. The molecule has 4 heteroatoms. The number of benzene rings is 3. The van der Waals surface area contributed by atoms with Crippen molar-refractivity contribution in [2.24, 2.45) is 0 Å². The Bertz CT molecular complexity index is 1110. The number of carbonyl (C=O) groups excluding carboxylic acids is 1. The normalized spacial score (nSPS) is 13.7. The van der Waals surface area contributed by atoms with Gasteiger partial charge in [-0.3, -0.25) is 4.79 Å². The van der Waals surface area contributed by atoms with E-state index in [4.69, 9.17) is 14.7 Å². The molecule has 0 aliphatic carbocycles. The highest BCUT2D eigenvalue weighted by atomic mass is 16.5. The van der Waals surface area contributed by atoms with Crippen LogP contribution >= 0.6 is 0 Å². The third kappa shape index (κ3) is 3.38. The Morgan fingerprint density at radius 1 is 1.04 bits per heavy atom. The van der Waals surface area contributed by atoms with Crippen molar-refractivity contribution in [3.8, 4) is 28.7 Å². The Hall–Kier alpha value is -3.84. The number of Topliss-reactive ketones (excluding diaryl/α,β-unsaturated/α-hetero) is 1. The summed E-state index contributed by atoms with van der Waals surface area (Å²) in [5, 5.41) is 8.66. The van der Waals surface area contributed by atoms with Crippen LogP contribution in [0.4, 0.5) is 0 Å². The predicted octanol–water partition coefficient (Wildman–Crippen LogP) is 5.18. The molecule has 0 saturated heterocycles. The fraction of sp³-hybridized carbons (Fsp3) is 0.0833. The first-order valence-electron chi connectivity index (χ1n) is 8.90. The van der Waals surface area contributed by atoms with Crippen LogP contribution in [-0.2, 0) is 0 Å². The fourth-order valence-electron chi connectivity index (χ4n) is 3.23. The molecule has 0 fully saturated rings. The lowest BCUT2D eigenvalue weighted by Gasteiger charge is -2.06. The van der Waals surface area contributed by atoms with Gasteiger partial charge in [-0.2, -0.15) is 5.26 Å². The summed E-state index contributed by atoms with van der Waals surface area (Å²) in [5.41, 5.74) is 4.44. The smallest absolute Gasteiger partial charge is 0.232 e. The van der Waals surface area contributed by atoms with Crippen LogP contribution < -0.4 is 9.47 Å². The molecule has 0 aromatic heterocycles. The molecule has 0 spiro atoms. The molecule has 1 aliphatic rings. The minimum atomic E-state index is -0.147. The first-order valence-corrected chi connectivity index (χ1v) is 8.90. The maximum atomic E-state index is 12.7. The Labute approximate surface area is 163 Å². The molecule has 0 amide bonds. The number of hydrogen-bond donors (Lipinski definition) is 0. The second-order valence-electron chi connectivity index (χ2n) is 6.49. The zero-order valence-corrected chi connectivity index (χ0v) is 15.3. The van der Waals surface area contributed by atoms with Crippen LogP contribution in [0.1, 0.15) is 21.5 Å². The number of carbonyl (C=O) groups is 1. The van der Waals surface area contributed by atoms with Gasteiger partial charge in [-0.25, -0.2) is 0 Å². The minimum Gasteiger partial charge on any atom is -0.479 e. The third-order valence-corrected chi connectivity index (χ3v) is 4.56. The average Bonchev–Trinajstić information content (AvgIpc) is 3.03. The number of hydrogen-bond acceptors (Lipinski definition) is 4. The molecule has 1 heterocycles. The Balaban J connectivity index is 1.60. The predicted molar refractivity (Wildman–Crippen MR) is 107 cm³/mol. The van der Waals surface area contributed by atoms with E-state index in [2.05, 4.69) is 12.1 Å². The van der Waals surface area contributed by atoms with Gasteiger partial charge in [-0.1, -0.05) is 54.6 Å². The van der Waals surface area contributed by atoms with Gasteiger partial charge in [0.15, 0.2) is 12.4 Å². The average molecular weight is 367 g/mol. The number of ketones is 1. The van der Waals surface area contributed by atoms with Crippen molar-refractivity contribution in [1.82, 2.24) is 0 Å². The Morgan fingerprint density at radius 3 is 2.46 bits per heavy atom. The van der Waals surface area contributed by atoms with Crippen LogP contribution in [0.3, 0.4) is 0 Å². The molecule has 0 N–H and O–H groups in total. The number of nitriles is 1. The van der Waals surface area contributed by atoms with Crippen molar-refractivity contribution in [1.29, 1.82) is 5.26 Å². The van der Waals surface area contributed by atoms with Crippen LogP contribution in [0.5, 0.6) is 11.5 Å². The van der Waals surface area contributed by atoms with Crippen molar-refractivity contribution >= 4 is 11.9 Å². The van der Waals surface area contributed by atoms with Gasteiger partial charge in [0.25, 0.3) is 0 Å². The second kappa shape index (κ2) is 7.42. The quantitative estimate of drug-likeness (QED) is 0.596. The highest BCUT2D eigenvalue weighted by molar-refractivity contribution is 6.15. The van der Waals surface area contributed by atoms with E-state index in [0.29, 0.717) is 17.1 Å². The lowest BCUT2D eigenvalue weighted by atomic mass is 10.0. The van der Waals surface area contributed by atoms with Crippen LogP contribution in [0.15, 0.2) is 72.5 Å². The molecule has 0 saturated carbocycles.